The molecule has 26 heavy (non-hydrogen) atoms. The SMILES string of the molecule is COc1ccc(CCC(=O)Nc2nc(-c3ccc(Cl)cc3)c(C)s2)cc1. The Morgan fingerprint density at radius 2 is 1.85 bits per heavy atom. The van der Waals surface area contributed by atoms with Crippen molar-refractivity contribution in [3.05, 3.63) is 64.0 Å². The molecule has 134 valence electrons. The zero-order chi connectivity index (χ0) is 18.5. The minimum atomic E-state index is -0.0442. The summed E-state index contributed by atoms with van der Waals surface area (Å²) in [6.07, 6.45) is 1.07. The highest BCUT2D eigenvalue weighted by Crippen LogP contribution is 2.31. The predicted molar refractivity (Wildman–Crippen MR) is 107 cm³/mol. The third-order valence-corrected chi connectivity index (χ3v) is 5.10. The summed E-state index contributed by atoms with van der Waals surface area (Å²) in [5.74, 6) is 0.767. The van der Waals surface area contributed by atoms with Crippen molar-refractivity contribution >= 4 is 34.0 Å². The molecule has 0 aliphatic rings. The van der Waals surface area contributed by atoms with Gasteiger partial charge in [0.1, 0.15) is 5.75 Å². The number of nitrogens with zero attached hydrogens (tertiary/aromatic N) is 1. The van der Waals surface area contributed by atoms with Gasteiger partial charge in [-0.05, 0) is 43.2 Å². The maximum atomic E-state index is 12.2. The van der Waals surface area contributed by atoms with Gasteiger partial charge in [-0.15, -0.1) is 11.3 Å². The van der Waals surface area contributed by atoms with Crippen LogP contribution in [0.15, 0.2) is 48.5 Å². The number of ether oxygens (including phenoxy) is 1. The number of aryl methyl sites for hydroxylation is 2. The number of carbonyl (C=O) groups excluding carboxylic acids is 1. The molecule has 0 bridgehead atoms. The minimum absolute atomic E-state index is 0.0442. The molecule has 0 saturated heterocycles. The summed E-state index contributed by atoms with van der Waals surface area (Å²) in [5.41, 5.74) is 2.96. The number of thiazole rings is 1. The Morgan fingerprint density at radius 1 is 1.15 bits per heavy atom. The van der Waals surface area contributed by atoms with E-state index in [0.29, 0.717) is 23.0 Å². The van der Waals surface area contributed by atoms with Crippen molar-refractivity contribution < 1.29 is 9.53 Å². The zero-order valence-corrected chi connectivity index (χ0v) is 16.2. The van der Waals surface area contributed by atoms with Crippen LogP contribution in [0.25, 0.3) is 11.3 Å². The lowest BCUT2D eigenvalue weighted by molar-refractivity contribution is -0.116. The van der Waals surface area contributed by atoms with Gasteiger partial charge in [0.15, 0.2) is 5.13 Å². The van der Waals surface area contributed by atoms with E-state index in [-0.39, 0.29) is 5.91 Å². The van der Waals surface area contributed by atoms with E-state index in [9.17, 15) is 4.79 Å². The molecular weight excluding hydrogens is 368 g/mol. The Labute approximate surface area is 161 Å². The lowest BCUT2D eigenvalue weighted by Crippen LogP contribution is -2.12. The highest BCUT2D eigenvalue weighted by molar-refractivity contribution is 7.16. The van der Waals surface area contributed by atoms with Crippen LogP contribution >= 0.6 is 22.9 Å². The summed E-state index contributed by atoms with van der Waals surface area (Å²) in [5, 5.41) is 4.20. The fourth-order valence-corrected chi connectivity index (χ4v) is 3.54. The largest absolute Gasteiger partial charge is 0.497 e. The number of methoxy groups -OCH3 is 1. The van der Waals surface area contributed by atoms with Crippen LogP contribution < -0.4 is 10.1 Å². The van der Waals surface area contributed by atoms with E-state index in [1.807, 2.05) is 55.5 Å². The van der Waals surface area contributed by atoms with Crippen molar-refractivity contribution in [2.75, 3.05) is 12.4 Å². The molecular formula is C20H19ClN2O2S. The number of rotatable bonds is 6. The molecule has 1 N–H and O–H groups in total. The molecule has 3 rings (SSSR count). The summed E-state index contributed by atoms with van der Waals surface area (Å²) in [6.45, 7) is 1.99. The average molecular weight is 387 g/mol. The fourth-order valence-electron chi connectivity index (χ4n) is 2.56. The highest BCUT2D eigenvalue weighted by Gasteiger charge is 2.12. The summed E-state index contributed by atoms with van der Waals surface area (Å²) < 4.78 is 5.14. The summed E-state index contributed by atoms with van der Waals surface area (Å²) in [6, 6.07) is 15.3. The standard InChI is InChI=1S/C20H19ClN2O2S/c1-13-19(15-6-8-16(21)9-7-15)23-20(26-13)22-18(24)12-5-14-3-10-17(25-2)11-4-14/h3-4,6-11H,5,12H2,1-2H3,(H,22,23,24). The smallest absolute Gasteiger partial charge is 0.226 e. The molecule has 0 spiro atoms. The van der Waals surface area contributed by atoms with Crippen LogP contribution in [0.2, 0.25) is 5.02 Å². The summed E-state index contributed by atoms with van der Waals surface area (Å²) in [7, 11) is 1.64. The number of aromatic nitrogens is 1. The molecule has 0 fully saturated rings. The molecule has 0 saturated carbocycles. The van der Waals surface area contributed by atoms with Gasteiger partial charge in [0.25, 0.3) is 0 Å². The van der Waals surface area contributed by atoms with Gasteiger partial charge in [0.2, 0.25) is 5.91 Å². The van der Waals surface area contributed by atoms with Gasteiger partial charge < -0.3 is 10.1 Å². The molecule has 6 heteroatoms. The van der Waals surface area contributed by atoms with Crippen molar-refractivity contribution in [1.82, 2.24) is 4.98 Å². The number of benzene rings is 2. The second-order valence-electron chi connectivity index (χ2n) is 5.83. The molecule has 0 atom stereocenters. The summed E-state index contributed by atoms with van der Waals surface area (Å²) in [4.78, 5) is 17.8. The van der Waals surface area contributed by atoms with E-state index in [1.54, 1.807) is 7.11 Å². The van der Waals surface area contributed by atoms with Gasteiger partial charge in [0, 0.05) is 21.9 Å². The van der Waals surface area contributed by atoms with Crippen molar-refractivity contribution in [3.8, 4) is 17.0 Å². The first-order chi connectivity index (χ1) is 12.5. The number of amides is 1. The van der Waals surface area contributed by atoms with Crippen molar-refractivity contribution in [1.29, 1.82) is 0 Å². The molecule has 2 aromatic carbocycles. The number of hydrogen-bond acceptors (Lipinski definition) is 4. The fraction of sp³-hybridized carbons (Fsp3) is 0.200. The molecule has 0 unspecified atom stereocenters. The van der Waals surface area contributed by atoms with E-state index < -0.39 is 0 Å². The van der Waals surface area contributed by atoms with Gasteiger partial charge in [0.05, 0.1) is 12.8 Å². The Kier molecular flexibility index (Phi) is 5.91. The quantitative estimate of drug-likeness (QED) is 0.621. The molecule has 0 aliphatic heterocycles. The van der Waals surface area contributed by atoms with E-state index in [2.05, 4.69) is 10.3 Å². The van der Waals surface area contributed by atoms with Gasteiger partial charge in [-0.2, -0.15) is 0 Å². The molecule has 0 aliphatic carbocycles. The second kappa shape index (κ2) is 8.34. The van der Waals surface area contributed by atoms with Crippen LogP contribution in [0, 0.1) is 6.92 Å². The summed E-state index contributed by atoms with van der Waals surface area (Å²) >= 11 is 7.41. The van der Waals surface area contributed by atoms with Gasteiger partial charge in [-0.1, -0.05) is 35.9 Å². The van der Waals surface area contributed by atoms with Crippen LogP contribution in [0.4, 0.5) is 5.13 Å². The number of carbonyl (C=O) groups is 1. The lowest BCUT2D eigenvalue weighted by Gasteiger charge is -2.04. The van der Waals surface area contributed by atoms with Crippen LogP contribution in [0.3, 0.4) is 0 Å². The van der Waals surface area contributed by atoms with Gasteiger partial charge in [-0.25, -0.2) is 4.98 Å². The average Bonchev–Trinajstić information content (AvgIpc) is 3.01. The van der Waals surface area contributed by atoms with Crippen LogP contribution in [0.5, 0.6) is 5.75 Å². The van der Waals surface area contributed by atoms with Crippen molar-refractivity contribution in [2.45, 2.75) is 19.8 Å². The lowest BCUT2D eigenvalue weighted by atomic mass is 10.1. The number of anilines is 1. The Bertz CT molecular complexity index is 889. The molecule has 4 nitrogen and oxygen atoms in total. The van der Waals surface area contributed by atoms with E-state index in [4.69, 9.17) is 16.3 Å². The Balaban J connectivity index is 1.60. The minimum Gasteiger partial charge on any atom is -0.497 e. The molecule has 3 aromatic rings. The highest BCUT2D eigenvalue weighted by atomic mass is 35.5. The second-order valence-corrected chi connectivity index (χ2v) is 7.47. The predicted octanol–water partition coefficient (Wildman–Crippen LogP) is 5.35. The van der Waals surface area contributed by atoms with Crippen molar-refractivity contribution in [3.63, 3.8) is 0 Å². The number of nitrogens with one attached hydrogen (secondary N) is 1. The van der Waals surface area contributed by atoms with E-state index in [0.717, 1.165) is 27.4 Å². The number of halogens is 1. The van der Waals surface area contributed by atoms with Crippen LogP contribution in [0.1, 0.15) is 16.9 Å². The van der Waals surface area contributed by atoms with Gasteiger partial charge in [-0.3, -0.25) is 4.79 Å². The third-order valence-electron chi connectivity index (χ3n) is 3.96. The maximum absolute atomic E-state index is 12.2. The number of hydrogen-bond donors (Lipinski definition) is 1. The van der Waals surface area contributed by atoms with E-state index >= 15 is 0 Å². The first kappa shape index (κ1) is 18.4. The normalized spacial score (nSPS) is 10.6. The maximum Gasteiger partial charge on any atom is 0.226 e. The van der Waals surface area contributed by atoms with Crippen LogP contribution in [-0.4, -0.2) is 18.0 Å². The Morgan fingerprint density at radius 3 is 2.50 bits per heavy atom. The third kappa shape index (κ3) is 4.62. The molecule has 1 aromatic heterocycles. The van der Waals surface area contributed by atoms with Gasteiger partial charge >= 0.3 is 0 Å². The van der Waals surface area contributed by atoms with Crippen LogP contribution in [-0.2, 0) is 11.2 Å². The first-order valence-electron chi connectivity index (χ1n) is 8.21. The van der Waals surface area contributed by atoms with E-state index in [1.165, 1.54) is 11.3 Å². The molecule has 0 radical (unpaired) electrons. The zero-order valence-electron chi connectivity index (χ0n) is 14.6. The molecule has 1 amide bonds. The van der Waals surface area contributed by atoms with Crippen molar-refractivity contribution in [2.24, 2.45) is 0 Å². The monoisotopic (exact) mass is 386 g/mol. The Hall–Kier alpha value is -2.37. The topological polar surface area (TPSA) is 51.2 Å². The first-order valence-corrected chi connectivity index (χ1v) is 9.41. The molecule has 1 heterocycles.